The molecule has 2 aromatic heterocycles. The highest BCUT2D eigenvalue weighted by molar-refractivity contribution is 6.22. The lowest BCUT2D eigenvalue weighted by atomic mass is 9.84. The number of aromatic nitrogens is 3. The van der Waals surface area contributed by atoms with Crippen molar-refractivity contribution in [2.45, 2.75) is 46.6 Å². The third-order valence-electron chi connectivity index (χ3n) is 7.91. The number of fused-ring (bicyclic) bond motifs is 5. The lowest BCUT2D eigenvalue weighted by Crippen LogP contribution is -2.34. The smallest absolute Gasteiger partial charge is 0.321 e. The maximum absolute atomic E-state index is 10.7. The van der Waals surface area contributed by atoms with Crippen LogP contribution in [0.5, 0.6) is 11.8 Å². The predicted octanol–water partition coefficient (Wildman–Crippen LogP) is 10.2. The molecule has 6 nitrogen and oxygen atoms in total. The summed E-state index contributed by atoms with van der Waals surface area (Å²) in [4.78, 5) is 14.5. The standard InChI is InChI=1S/C39H35N3O3/c1-38(2,3)23-39(4,5)45-37-41-35(28-17-11-12-18-31(28)43)40-36(42-37)30-22-33-34(27-16-10-9-15-26(27)30)29-20-19-25(21-32(29)44-33)24-13-7-6-8-14-24/h6-22,43H,23H2,1-5H3. The minimum atomic E-state index is -0.548. The summed E-state index contributed by atoms with van der Waals surface area (Å²) in [6, 6.07) is 34.2. The molecule has 0 saturated carbocycles. The van der Waals surface area contributed by atoms with Gasteiger partial charge in [-0.3, -0.25) is 0 Å². The molecule has 224 valence electrons. The Hall–Kier alpha value is -5.23. The molecule has 0 spiro atoms. The first-order valence-corrected chi connectivity index (χ1v) is 15.2. The van der Waals surface area contributed by atoms with Gasteiger partial charge in [-0.15, -0.1) is 0 Å². The van der Waals surface area contributed by atoms with Crippen LogP contribution < -0.4 is 4.74 Å². The number of nitrogens with zero attached hydrogens (tertiary/aromatic N) is 3. The molecule has 7 rings (SSSR count). The van der Waals surface area contributed by atoms with Gasteiger partial charge in [-0.25, -0.2) is 4.98 Å². The zero-order chi connectivity index (χ0) is 31.3. The quantitative estimate of drug-likeness (QED) is 0.207. The van der Waals surface area contributed by atoms with E-state index in [1.54, 1.807) is 18.2 Å². The Kier molecular flexibility index (Phi) is 6.81. The van der Waals surface area contributed by atoms with Crippen LogP contribution in [-0.2, 0) is 0 Å². The highest BCUT2D eigenvalue weighted by Crippen LogP contribution is 2.41. The maximum Gasteiger partial charge on any atom is 0.321 e. The zero-order valence-electron chi connectivity index (χ0n) is 26.1. The molecule has 0 bridgehead atoms. The summed E-state index contributed by atoms with van der Waals surface area (Å²) in [5, 5.41) is 14.9. The van der Waals surface area contributed by atoms with E-state index in [0.717, 1.165) is 55.8 Å². The molecule has 45 heavy (non-hydrogen) atoms. The van der Waals surface area contributed by atoms with Crippen molar-refractivity contribution in [2.24, 2.45) is 5.41 Å². The van der Waals surface area contributed by atoms with Crippen molar-refractivity contribution < 1.29 is 14.3 Å². The number of hydrogen-bond donors (Lipinski definition) is 1. The minimum absolute atomic E-state index is 0.0306. The maximum atomic E-state index is 10.7. The molecule has 0 radical (unpaired) electrons. The molecular weight excluding hydrogens is 558 g/mol. The van der Waals surface area contributed by atoms with Crippen LogP contribution in [-0.4, -0.2) is 25.7 Å². The van der Waals surface area contributed by atoms with Crippen molar-refractivity contribution in [3.8, 4) is 45.7 Å². The number of ether oxygens (including phenoxy) is 1. The second-order valence-corrected chi connectivity index (χ2v) is 13.4. The Bertz CT molecular complexity index is 2190. The average molecular weight is 594 g/mol. The van der Waals surface area contributed by atoms with Crippen LogP contribution in [0, 0.1) is 5.41 Å². The highest BCUT2D eigenvalue weighted by Gasteiger charge is 2.29. The average Bonchev–Trinajstić information content (AvgIpc) is 3.38. The van der Waals surface area contributed by atoms with Gasteiger partial charge in [0.25, 0.3) is 0 Å². The molecule has 5 aromatic carbocycles. The summed E-state index contributed by atoms with van der Waals surface area (Å²) in [7, 11) is 0. The summed E-state index contributed by atoms with van der Waals surface area (Å²) in [6.07, 6.45) is 0.784. The van der Waals surface area contributed by atoms with Gasteiger partial charge in [0.2, 0.25) is 0 Å². The van der Waals surface area contributed by atoms with E-state index >= 15 is 0 Å². The van der Waals surface area contributed by atoms with Crippen LogP contribution in [0.25, 0.3) is 66.6 Å². The molecule has 0 aliphatic rings. The molecule has 0 saturated heterocycles. The van der Waals surface area contributed by atoms with Crippen molar-refractivity contribution in [3.63, 3.8) is 0 Å². The van der Waals surface area contributed by atoms with Crippen LogP contribution >= 0.6 is 0 Å². The van der Waals surface area contributed by atoms with Gasteiger partial charge in [-0.2, -0.15) is 9.97 Å². The fourth-order valence-electron chi connectivity index (χ4n) is 6.50. The zero-order valence-corrected chi connectivity index (χ0v) is 26.1. The monoisotopic (exact) mass is 593 g/mol. The van der Waals surface area contributed by atoms with E-state index < -0.39 is 5.60 Å². The van der Waals surface area contributed by atoms with E-state index in [1.165, 1.54) is 0 Å². The van der Waals surface area contributed by atoms with Gasteiger partial charge in [0.15, 0.2) is 11.6 Å². The number of phenolic OH excluding ortho intramolecular Hbond substituents is 1. The van der Waals surface area contributed by atoms with Crippen LogP contribution in [0.3, 0.4) is 0 Å². The second-order valence-electron chi connectivity index (χ2n) is 13.4. The molecule has 0 aliphatic heterocycles. The van der Waals surface area contributed by atoms with E-state index in [9.17, 15) is 5.11 Å². The Balaban J connectivity index is 1.44. The van der Waals surface area contributed by atoms with Gasteiger partial charge in [-0.1, -0.05) is 93.6 Å². The second kappa shape index (κ2) is 10.7. The fraction of sp³-hybridized carbons (Fsp3) is 0.205. The molecule has 1 N–H and O–H groups in total. The molecule has 0 fully saturated rings. The Labute approximate surface area is 262 Å². The Morgan fingerprint density at radius 2 is 1.29 bits per heavy atom. The van der Waals surface area contributed by atoms with Gasteiger partial charge >= 0.3 is 6.01 Å². The topological polar surface area (TPSA) is 81.3 Å². The van der Waals surface area contributed by atoms with E-state index in [2.05, 4.69) is 63.2 Å². The molecular formula is C39H35N3O3. The van der Waals surface area contributed by atoms with Crippen LogP contribution in [0.15, 0.2) is 108 Å². The Morgan fingerprint density at radius 1 is 0.622 bits per heavy atom. The molecule has 2 heterocycles. The molecule has 0 unspecified atom stereocenters. The summed E-state index contributed by atoms with van der Waals surface area (Å²) < 4.78 is 13.0. The minimum Gasteiger partial charge on any atom is -0.507 e. The summed E-state index contributed by atoms with van der Waals surface area (Å²) in [5.41, 5.74) is 4.55. The number of rotatable bonds is 6. The molecule has 0 aliphatic carbocycles. The van der Waals surface area contributed by atoms with Crippen molar-refractivity contribution in [3.05, 3.63) is 103 Å². The lowest BCUT2D eigenvalue weighted by molar-refractivity contribution is 0.0526. The molecule has 7 aromatic rings. The summed E-state index contributed by atoms with van der Waals surface area (Å²) >= 11 is 0. The number of phenols is 1. The largest absolute Gasteiger partial charge is 0.507 e. The van der Waals surface area contributed by atoms with Crippen molar-refractivity contribution >= 4 is 32.7 Å². The first-order chi connectivity index (χ1) is 21.5. The van der Waals surface area contributed by atoms with Crippen LogP contribution in [0.4, 0.5) is 0 Å². The van der Waals surface area contributed by atoms with Gasteiger partial charge < -0.3 is 14.3 Å². The third kappa shape index (κ3) is 5.60. The van der Waals surface area contributed by atoms with Gasteiger partial charge in [0, 0.05) is 16.3 Å². The van der Waals surface area contributed by atoms with Crippen molar-refractivity contribution in [1.29, 1.82) is 0 Å². The third-order valence-corrected chi connectivity index (χ3v) is 7.91. The molecule has 0 amide bonds. The lowest BCUT2D eigenvalue weighted by Gasteiger charge is -2.32. The van der Waals surface area contributed by atoms with Crippen LogP contribution in [0.1, 0.15) is 41.0 Å². The summed E-state index contributed by atoms with van der Waals surface area (Å²) in [6.45, 7) is 10.6. The van der Waals surface area contributed by atoms with Crippen LogP contribution in [0.2, 0.25) is 0 Å². The molecule has 6 heteroatoms. The summed E-state index contributed by atoms with van der Waals surface area (Å²) in [5.74, 6) is 0.857. The SMILES string of the molecule is CC(C)(C)CC(C)(C)Oc1nc(-c2ccccc2O)nc(-c2cc3oc4cc(-c5ccccc5)ccc4c3c3ccccc23)n1. The van der Waals surface area contributed by atoms with E-state index in [0.29, 0.717) is 17.2 Å². The Morgan fingerprint density at radius 3 is 2.02 bits per heavy atom. The predicted molar refractivity (Wildman–Crippen MR) is 181 cm³/mol. The number of benzene rings is 5. The van der Waals surface area contributed by atoms with E-state index in [1.807, 2.05) is 56.3 Å². The van der Waals surface area contributed by atoms with Crippen molar-refractivity contribution in [2.75, 3.05) is 0 Å². The van der Waals surface area contributed by atoms with Gasteiger partial charge in [0.1, 0.15) is 22.5 Å². The fourth-order valence-corrected chi connectivity index (χ4v) is 6.50. The first-order valence-electron chi connectivity index (χ1n) is 15.2. The number of aromatic hydroxyl groups is 1. The van der Waals surface area contributed by atoms with E-state index in [-0.39, 0.29) is 17.2 Å². The molecule has 0 atom stereocenters. The van der Waals surface area contributed by atoms with Crippen molar-refractivity contribution in [1.82, 2.24) is 15.0 Å². The normalized spacial score (nSPS) is 12.3. The highest BCUT2D eigenvalue weighted by atomic mass is 16.5. The van der Waals surface area contributed by atoms with Gasteiger partial charge in [-0.05, 0) is 77.9 Å². The number of hydrogen-bond acceptors (Lipinski definition) is 6. The van der Waals surface area contributed by atoms with E-state index in [4.69, 9.17) is 24.1 Å². The number of para-hydroxylation sites is 1. The number of furan rings is 1. The first kappa shape index (κ1) is 28.5. The van der Waals surface area contributed by atoms with Gasteiger partial charge in [0.05, 0.1) is 5.56 Å².